The van der Waals surface area contributed by atoms with Crippen LogP contribution < -0.4 is 5.32 Å². The molecular weight excluding hydrogens is 480 g/mol. The van der Waals surface area contributed by atoms with Crippen LogP contribution in [0.4, 0.5) is 4.79 Å². The third kappa shape index (κ3) is 5.40. The Kier molecular flexibility index (Phi) is 7.43. The predicted octanol–water partition coefficient (Wildman–Crippen LogP) is 1.57. The number of nitrogens with one attached hydrogen (secondary N) is 1. The van der Waals surface area contributed by atoms with E-state index in [1.54, 1.807) is 4.90 Å². The van der Waals surface area contributed by atoms with E-state index in [0.29, 0.717) is 25.9 Å². The number of sulfone groups is 1. The van der Waals surface area contributed by atoms with E-state index in [9.17, 15) is 23.1 Å². The van der Waals surface area contributed by atoms with Crippen LogP contribution in [0.25, 0.3) is 0 Å². The van der Waals surface area contributed by atoms with E-state index >= 15 is 0 Å². The minimum absolute atomic E-state index is 0.0245. The number of benzene rings is 1. The number of hydrogen-bond donors (Lipinski definition) is 2. The highest BCUT2D eigenvalue weighted by molar-refractivity contribution is 7.90. The zero-order chi connectivity index (χ0) is 26.2. The molecule has 1 aromatic rings. The summed E-state index contributed by atoms with van der Waals surface area (Å²) in [6, 6.07) is 10.3. The molecule has 36 heavy (non-hydrogen) atoms. The molecule has 1 aromatic carbocycles. The third-order valence-electron chi connectivity index (χ3n) is 8.60. The quantitative estimate of drug-likeness (QED) is 0.512. The van der Waals surface area contributed by atoms with Gasteiger partial charge in [-0.1, -0.05) is 30.3 Å². The molecule has 1 heterocycles. The Bertz CT molecular complexity index is 1060. The lowest BCUT2D eigenvalue weighted by Crippen LogP contribution is -2.59. The second kappa shape index (κ2) is 9.95. The lowest BCUT2D eigenvalue weighted by molar-refractivity contribution is -0.121. The molecule has 3 aliphatic rings. The largest absolute Gasteiger partial charge is 0.388 e. The van der Waals surface area contributed by atoms with Crippen molar-refractivity contribution < 1.29 is 23.1 Å². The normalized spacial score (nSPS) is 28.0. The Morgan fingerprint density at radius 2 is 1.72 bits per heavy atom. The first kappa shape index (κ1) is 26.9. The summed E-state index contributed by atoms with van der Waals surface area (Å²) in [5.74, 6) is -0.504. The molecule has 0 unspecified atom stereocenters. The van der Waals surface area contributed by atoms with Crippen LogP contribution in [0.15, 0.2) is 30.3 Å². The molecule has 2 saturated carbocycles. The van der Waals surface area contributed by atoms with Crippen molar-refractivity contribution in [1.82, 2.24) is 20.0 Å². The highest BCUT2D eigenvalue weighted by Crippen LogP contribution is 2.50. The fourth-order valence-electron chi connectivity index (χ4n) is 6.18. The van der Waals surface area contributed by atoms with E-state index in [0.717, 1.165) is 38.4 Å². The number of nitrogens with zero attached hydrogens (tertiary/aromatic N) is 3. The standard InChI is InChI=1S/C26H40N4O5S/c1-28(2)26(21-8-5-4-6-9-21)14-12-24(13-15-26)19-29(18-22(31)27-16-17-36(3,34)35)23(32)30(24)20-25(33)10-7-11-25/h4-6,8-9,33H,7,10-20H2,1-3H3,(H,27,31)/t24-,26+. The average molecular weight is 521 g/mol. The van der Waals surface area contributed by atoms with E-state index in [4.69, 9.17) is 0 Å². The number of carbonyl (C=O) groups is 2. The van der Waals surface area contributed by atoms with E-state index in [2.05, 4.69) is 48.6 Å². The van der Waals surface area contributed by atoms with Gasteiger partial charge in [0.15, 0.2) is 0 Å². The first-order valence-electron chi connectivity index (χ1n) is 12.8. The number of β-amino-alcohol motifs (C(OH)–C–C–N with tert-alkyl or cyclic N) is 1. The van der Waals surface area contributed by atoms with Gasteiger partial charge in [-0.05, 0) is 64.6 Å². The van der Waals surface area contributed by atoms with Crippen LogP contribution in [-0.4, -0.2) is 104 Å². The van der Waals surface area contributed by atoms with Crippen molar-refractivity contribution >= 4 is 21.8 Å². The maximum absolute atomic E-state index is 13.6. The summed E-state index contributed by atoms with van der Waals surface area (Å²) >= 11 is 0. The van der Waals surface area contributed by atoms with Crippen molar-refractivity contribution in [2.45, 2.75) is 61.6 Å². The van der Waals surface area contributed by atoms with Gasteiger partial charge in [0.25, 0.3) is 0 Å². The summed E-state index contributed by atoms with van der Waals surface area (Å²) in [6.07, 6.45) is 6.72. The number of rotatable bonds is 9. The highest BCUT2D eigenvalue weighted by Gasteiger charge is 2.56. The van der Waals surface area contributed by atoms with E-state index in [-0.39, 0.29) is 36.3 Å². The van der Waals surface area contributed by atoms with Gasteiger partial charge >= 0.3 is 6.03 Å². The van der Waals surface area contributed by atoms with E-state index < -0.39 is 21.0 Å². The summed E-state index contributed by atoms with van der Waals surface area (Å²) in [5, 5.41) is 13.6. The minimum atomic E-state index is -3.18. The van der Waals surface area contributed by atoms with Gasteiger partial charge in [-0.25, -0.2) is 13.2 Å². The number of aliphatic hydroxyl groups is 1. The summed E-state index contributed by atoms with van der Waals surface area (Å²) in [5.41, 5.74) is -0.166. The highest BCUT2D eigenvalue weighted by atomic mass is 32.2. The molecule has 4 rings (SSSR count). The molecule has 1 aliphatic heterocycles. The topological polar surface area (TPSA) is 110 Å². The number of carbonyl (C=O) groups excluding carboxylic acids is 2. The van der Waals surface area contributed by atoms with E-state index in [1.807, 2.05) is 11.0 Å². The van der Waals surface area contributed by atoms with Crippen LogP contribution in [-0.2, 0) is 20.2 Å². The van der Waals surface area contributed by atoms with Gasteiger partial charge in [-0.15, -0.1) is 0 Å². The maximum atomic E-state index is 13.6. The van der Waals surface area contributed by atoms with Gasteiger partial charge in [-0.3, -0.25) is 9.69 Å². The van der Waals surface area contributed by atoms with Crippen LogP contribution in [0.2, 0.25) is 0 Å². The smallest absolute Gasteiger partial charge is 0.321 e. The van der Waals surface area contributed by atoms with Crippen LogP contribution >= 0.6 is 0 Å². The third-order valence-corrected chi connectivity index (χ3v) is 9.55. The van der Waals surface area contributed by atoms with Crippen molar-refractivity contribution in [3.05, 3.63) is 35.9 Å². The average Bonchev–Trinajstić information content (AvgIpc) is 3.03. The Labute approximate surface area is 214 Å². The van der Waals surface area contributed by atoms with Gasteiger partial charge in [0.1, 0.15) is 16.4 Å². The Morgan fingerprint density at radius 1 is 1.08 bits per heavy atom. The summed E-state index contributed by atoms with van der Waals surface area (Å²) < 4.78 is 22.7. The second-order valence-electron chi connectivity index (χ2n) is 11.3. The molecule has 2 aliphatic carbocycles. The summed E-state index contributed by atoms with van der Waals surface area (Å²) in [7, 11) is 1.03. The number of urea groups is 1. The molecule has 1 saturated heterocycles. The van der Waals surface area contributed by atoms with Gasteiger partial charge in [0.05, 0.1) is 23.4 Å². The Balaban J connectivity index is 1.52. The first-order chi connectivity index (χ1) is 16.9. The van der Waals surface area contributed by atoms with Crippen LogP contribution in [0.5, 0.6) is 0 Å². The van der Waals surface area contributed by atoms with Gasteiger partial charge in [0.2, 0.25) is 5.91 Å². The molecule has 0 aromatic heterocycles. The number of hydrogen-bond acceptors (Lipinski definition) is 6. The molecule has 3 fully saturated rings. The fourth-order valence-corrected chi connectivity index (χ4v) is 6.66. The van der Waals surface area contributed by atoms with Crippen molar-refractivity contribution in [3.63, 3.8) is 0 Å². The molecule has 9 nitrogen and oxygen atoms in total. The van der Waals surface area contributed by atoms with Gasteiger partial charge < -0.3 is 20.2 Å². The first-order valence-corrected chi connectivity index (χ1v) is 14.9. The monoisotopic (exact) mass is 520 g/mol. The molecule has 200 valence electrons. The van der Waals surface area contributed by atoms with Crippen molar-refractivity contribution in [3.8, 4) is 0 Å². The molecular formula is C26H40N4O5S. The molecule has 1 spiro atoms. The molecule has 10 heteroatoms. The number of amides is 3. The molecule has 0 atom stereocenters. The maximum Gasteiger partial charge on any atom is 0.321 e. The Hall–Kier alpha value is -2.17. The van der Waals surface area contributed by atoms with Gasteiger partial charge in [-0.2, -0.15) is 0 Å². The second-order valence-corrected chi connectivity index (χ2v) is 13.6. The lowest BCUT2D eigenvalue weighted by Gasteiger charge is -2.52. The molecule has 3 amide bonds. The van der Waals surface area contributed by atoms with Crippen LogP contribution in [0.3, 0.4) is 0 Å². The van der Waals surface area contributed by atoms with Crippen molar-refractivity contribution in [2.24, 2.45) is 0 Å². The summed E-state index contributed by atoms with van der Waals surface area (Å²) in [4.78, 5) is 31.8. The fraction of sp³-hybridized carbons (Fsp3) is 0.692. The van der Waals surface area contributed by atoms with E-state index in [1.165, 1.54) is 5.56 Å². The summed E-state index contributed by atoms with van der Waals surface area (Å²) in [6.45, 7) is 0.631. The SMILES string of the molecule is CN(C)[C@]1(c2ccccc2)CC[C@]2(CC1)CN(CC(=O)NCCS(C)(=O)=O)C(=O)N2CC1(O)CCC1. The lowest BCUT2D eigenvalue weighted by atomic mass is 9.67. The van der Waals surface area contributed by atoms with Crippen molar-refractivity contribution in [1.29, 1.82) is 0 Å². The molecule has 0 radical (unpaired) electrons. The van der Waals surface area contributed by atoms with Crippen LogP contribution in [0, 0.1) is 0 Å². The van der Waals surface area contributed by atoms with Crippen LogP contribution in [0.1, 0.15) is 50.5 Å². The van der Waals surface area contributed by atoms with Gasteiger partial charge in [0, 0.05) is 24.9 Å². The minimum Gasteiger partial charge on any atom is -0.388 e. The predicted molar refractivity (Wildman–Crippen MR) is 138 cm³/mol. The molecule has 0 bridgehead atoms. The Morgan fingerprint density at radius 3 is 2.25 bits per heavy atom. The zero-order valence-electron chi connectivity index (χ0n) is 21.7. The van der Waals surface area contributed by atoms with Crippen molar-refractivity contribution in [2.75, 3.05) is 52.3 Å². The zero-order valence-corrected chi connectivity index (χ0v) is 22.5. The molecule has 2 N–H and O–H groups in total.